The lowest BCUT2D eigenvalue weighted by Gasteiger charge is -2.28. The first kappa shape index (κ1) is 22.1. The van der Waals surface area contributed by atoms with Crippen molar-refractivity contribution in [1.82, 2.24) is 9.47 Å². The second-order valence-corrected chi connectivity index (χ2v) is 9.98. The average molecular weight is 477 g/mol. The van der Waals surface area contributed by atoms with Crippen LogP contribution in [0.25, 0.3) is 22.2 Å². The highest BCUT2D eigenvalue weighted by Crippen LogP contribution is 2.47. The van der Waals surface area contributed by atoms with Crippen molar-refractivity contribution in [2.45, 2.75) is 26.3 Å². The van der Waals surface area contributed by atoms with Gasteiger partial charge in [-0.25, -0.2) is 0 Å². The molecule has 1 atom stereocenters. The molecule has 0 saturated carbocycles. The van der Waals surface area contributed by atoms with E-state index in [-0.39, 0.29) is 11.9 Å². The number of fused-ring (bicyclic) bond motifs is 2. The topological polar surface area (TPSA) is 25.2 Å². The van der Waals surface area contributed by atoms with Crippen LogP contribution in [0.2, 0.25) is 10.0 Å². The number of hydrogen-bond acceptors (Lipinski definition) is 1. The number of amides is 1. The molecule has 0 saturated heterocycles. The number of carbonyl (C=O) groups is 1. The highest BCUT2D eigenvalue weighted by molar-refractivity contribution is 6.36. The molecule has 1 aromatic heterocycles. The Kier molecular flexibility index (Phi) is 5.72. The summed E-state index contributed by atoms with van der Waals surface area (Å²) < 4.78 is 2.19. The lowest BCUT2D eigenvalue weighted by molar-refractivity contribution is 0.0742. The predicted molar refractivity (Wildman–Crippen MR) is 137 cm³/mol. The van der Waals surface area contributed by atoms with Crippen LogP contribution in [0.5, 0.6) is 0 Å². The smallest absolute Gasteiger partial charge is 0.255 e. The maximum Gasteiger partial charge on any atom is 0.255 e. The zero-order valence-corrected chi connectivity index (χ0v) is 20.5. The van der Waals surface area contributed by atoms with E-state index in [1.807, 2.05) is 41.3 Å². The predicted octanol–water partition coefficient (Wildman–Crippen LogP) is 7.74. The maximum absolute atomic E-state index is 13.6. The first-order valence-electron chi connectivity index (χ1n) is 11.3. The molecule has 0 aliphatic carbocycles. The van der Waals surface area contributed by atoms with Crippen LogP contribution >= 0.6 is 23.2 Å². The molecule has 5 heteroatoms. The third kappa shape index (κ3) is 3.64. The number of carbonyl (C=O) groups excluding carboxylic acids is 1. The van der Waals surface area contributed by atoms with Gasteiger partial charge in [-0.3, -0.25) is 4.79 Å². The van der Waals surface area contributed by atoms with Crippen molar-refractivity contribution >= 4 is 40.0 Å². The molecular formula is C28H26Cl2N2O. The largest absolute Gasteiger partial charge is 0.343 e. The number of aromatic nitrogens is 1. The van der Waals surface area contributed by atoms with E-state index >= 15 is 0 Å². The standard InChI is InChI=1S/C28H26Cl2N2O/c1-17(2)14-15-32-27(19-8-4-5-9-20(19)28(32)33)25-22-10-6-7-11-24(22)31(3)26(25)21-13-12-18(29)16-23(21)30/h4-13,16-17,27H,14-15H2,1-3H3/t27-/m0/s1. The molecule has 3 nitrogen and oxygen atoms in total. The summed E-state index contributed by atoms with van der Waals surface area (Å²) in [6, 6.07) is 21.8. The van der Waals surface area contributed by atoms with Crippen LogP contribution in [0.1, 0.15) is 47.8 Å². The van der Waals surface area contributed by atoms with E-state index in [0.29, 0.717) is 22.5 Å². The Morgan fingerprint density at radius 3 is 2.42 bits per heavy atom. The minimum Gasteiger partial charge on any atom is -0.343 e. The van der Waals surface area contributed by atoms with Gasteiger partial charge in [0.2, 0.25) is 0 Å². The van der Waals surface area contributed by atoms with Gasteiger partial charge < -0.3 is 9.47 Å². The fourth-order valence-corrected chi connectivity index (χ4v) is 5.51. The Labute approximate surface area is 204 Å². The van der Waals surface area contributed by atoms with E-state index in [4.69, 9.17) is 23.2 Å². The van der Waals surface area contributed by atoms with E-state index in [1.165, 1.54) is 0 Å². The van der Waals surface area contributed by atoms with Crippen molar-refractivity contribution in [3.63, 3.8) is 0 Å². The molecule has 5 rings (SSSR count). The molecule has 2 heterocycles. The number of hydrogen-bond donors (Lipinski definition) is 0. The quantitative estimate of drug-likeness (QED) is 0.289. The first-order chi connectivity index (χ1) is 15.9. The molecule has 4 aromatic rings. The number of rotatable bonds is 5. The minimum absolute atomic E-state index is 0.0948. The molecule has 3 aromatic carbocycles. The van der Waals surface area contributed by atoms with Crippen molar-refractivity contribution in [2.75, 3.05) is 6.54 Å². The molecule has 1 aliphatic heterocycles. The van der Waals surface area contributed by atoms with E-state index in [9.17, 15) is 4.79 Å². The molecule has 168 valence electrons. The first-order valence-corrected chi connectivity index (χ1v) is 12.1. The lowest BCUT2D eigenvalue weighted by atomic mass is 9.93. The lowest BCUT2D eigenvalue weighted by Crippen LogP contribution is -2.30. The summed E-state index contributed by atoms with van der Waals surface area (Å²) in [7, 11) is 2.06. The monoisotopic (exact) mass is 476 g/mol. The van der Waals surface area contributed by atoms with Gasteiger partial charge in [0, 0.05) is 46.2 Å². The molecule has 0 spiro atoms. The van der Waals surface area contributed by atoms with Crippen LogP contribution in [-0.2, 0) is 7.05 Å². The fraction of sp³-hybridized carbons (Fsp3) is 0.250. The molecular weight excluding hydrogens is 451 g/mol. The highest BCUT2D eigenvalue weighted by Gasteiger charge is 2.40. The SMILES string of the molecule is CC(C)CCN1C(=O)c2ccccc2[C@H]1c1c(-c2ccc(Cl)cc2Cl)n(C)c2ccccc12. The van der Waals surface area contributed by atoms with Crippen molar-refractivity contribution in [1.29, 1.82) is 0 Å². The van der Waals surface area contributed by atoms with Crippen LogP contribution < -0.4 is 0 Å². The van der Waals surface area contributed by atoms with Crippen molar-refractivity contribution < 1.29 is 4.79 Å². The molecule has 0 bridgehead atoms. The zero-order chi connectivity index (χ0) is 23.3. The van der Waals surface area contributed by atoms with Gasteiger partial charge in [-0.2, -0.15) is 0 Å². The molecule has 0 N–H and O–H groups in total. The van der Waals surface area contributed by atoms with Crippen molar-refractivity contribution in [3.8, 4) is 11.3 Å². The summed E-state index contributed by atoms with van der Waals surface area (Å²) in [4.78, 5) is 15.6. The minimum atomic E-state index is -0.180. The van der Waals surface area contributed by atoms with E-state index < -0.39 is 0 Å². The van der Waals surface area contributed by atoms with Gasteiger partial charge in [0.1, 0.15) is 0 Å². The Bertz CT molecular complexity index is 1370. The summed E-state index contributed by atoms with van der Waals surface area (Å²) in [6.07, 6.45) is 0.942. The van der Waals surface area contributed by atoms with Crippen LogP contribution in [0, 0.1) is 5.92 Å². The van der Waals surface area contributed by atoms with Gasteiger partial charge in [-0.15, -0.1) is 0 Å². The number of halogens is 2. The third-order valence-corrected chi connectivity index (χ3v) is 7.16. The van der Waals surface area contributed by atoms with Crippen molar-refractivity contribution in [3.05, 3.63) is 93.5 Å². The second kappa shape index (κ2) is 8.55. The number of aryl methyl sites for hydroxylation is 1. The Morgan fingerprint density at radius 2 is 1.67 bits per heavy atom. The maximum atomic E-state index is 13.6. The molecule has 33 heavy (non-hydrogen) atoms. The van der Waals surface area contributed by atoms with E-state index in [0.717, 1.165) is 45.3 Å². The van der Waals surface area contributed by atoms with Gasteiger partial charge in [0.15, 0.2) is 0 Å². The highest BCUT2D eigenvalue weighted by atomic mass is 35.5. The van der Waals surface area contributed by atoms with E-state index in [1.54, 1.807) is 6.07 Å². The normalized spacial score (nSPS) is 15.6. The summed E-state index contributed by atoms with van der Waals surface area (Å²) in [5.74, 6) is 0.595. The van der Waals surface area contributed by atoms with E-state index in [2.05, 4.69) is 49.7 Å². The summed E-state index contributed by atoms with van der Waals surface area (Å²) in [5.41, 5.74) is 5.98. The van der Waals surface area contributed by atoms with Crippen LogP contribution in [0.15, 0.2) is 66.7 Å². The fourth-order valence-electron chi connectivity index (χ4n) is 5.02. The molecule has 0 fully saturated rings. The van der Waals surface area contributed by atoms with Gasteiger partial charge in [0.05, 0.1) is 16.8 Å². The average Bonchev–Trinajstić information content (AvgIpc) is 3.24. The summed E-state index contributed by atoms with van der Waals surface area (Å²) in [5, 5.41) is 2.33. The third-order valence-electron chi connectivity index (χ3n) is 6.61. The Hall–Kier alpha value is -2.75. The molecule has 1 amide bonds. The molecule has 1 aliphatic rings. The summed E-state index contributed by atoms with van der Waals surface area (Å²) in [6.45, 7) is 5.09. The number of nitrogens with zero attached hydrogens (tertiary/aromatic N) is 2. The Balaban J connectivity index is 1.82. The molecule has 0 radical (unpaired) electrons. The Morgan fingerprint density at radius 1 is 0.939 bits per heavy atom. The number of benzene rings is 3. The second-order valence-electron chi connectivity index (χ2n) is 9.13. The van der Waals surface area contributed by atoms with Crippen LogP contribution in [-0.4, -0.2) is 21.9 Å². The summed E-state index contributed by atoms with van der Waals surface area (Å²) >= 11 is 13.0. The van der Waals surface area contributed by atoms with Crippen LogP contribution in [0.4, 0.5) is 0 Å². The molecule has 0 unspecified atom stereocenters. The van der Waals surface area contributed by atoms with Gasteiger partial charge in [-0.05, 0) is 48.2 Å². The number of para-hydroxylation sites is 1. The van der Waals surface area contributed by atoms with Crippen molar-refractivity contribution in [2.24, 2.45) is 13.0 Å². The zero-order valence-electron chi connectivity index (χ0n) is 19.0. The van der Waals surface area contributed by atoms with Gasteiger partial charge >= 0.3 is 0 Å². The van der Waals surface area contributed by atoms with Gasteiger partial charge in [-0.1, -0.05) is 73.4 Å². The van der Waals surface area contributed by atoms with Gasteiger partial charge in [0.25, 0.3) is 5.91 Å². The van der Waals surface area contributed by atoms with Crippen LogP contribution in [0.3, 0.4) is 0 Å².